The van der Waals surface area contributed by atoms with Crippen molar-refractivity contribution in [2.24, 2.45) is 0 Å². The summed E-state index contributed by atoms with van der Waals surface area (Å²) in [4.78, 5) is 14.3. The molecule has 3 nitrogen and oxygen atoms in total. The zero-order valence-electron chi connectivity index (χ0n) is 12.4. The van der Waals surface area contributed by atoms with Crippen LogP contribution in [0, 0.1) is 0 Å². The van der Waals surface area contributed by atoms with E-state index in [1.807, 2.05) is 7.05 Å². The first-order chi connectivity index (χ1) is 10.1. The molecule has 21 heavy (non-hydrogen) atoms. The third-order valence-corrected chi connectivity index (χ3v) is 4.61. The molecule has 0 bridgehead atoms. The average Bonchev–Trinajstić information content (AvgIpc) is 2.72. The second-order valence-corrected chi connectivity index (χ2v) is 6.58. The van der Waals surface area contributed by atoms with E-state index in [-0.39, 0.29) is 5.91 Å². The summed E-state index contributed by atoms with van der Waals surface area (Å²) < 4.78 is 0. The van der Waals surface area contributed by atoms with Crippen molar-refractivity contribution in [1.29, 1.82) is 0 Å². The van der Waals surface area contributed by atoms with E-state index in [0.29, 0.717) is 28.3 Å². The molecule has 1 aliphatic carbocycles. The second kappa shape index (κ2) is 8.02. The number of amides is 1. The minimum atomic E-state index is -0.0501. The quantitative estimate of drug-likeness (QED) is 0.820. The fourth-order valence-electron chi connectivity index (χ4n) is 2.84. The molecule has 116 valence electrons. The Bertz CT molecular complexity index is 485. The number of carbonyl (C=O) groups excluding carboxylic acids is 1. The molecule has 0 saturated heterocycles. The third kappa shape index (κ3) is 5.17. The fourth-order valence-corrected chi connectivity index (χ4v) is 3.17. The van der Waals surface area contributed by atoms with Gasteiger partial charge in [0.15, 0.2) is 0 Å². The Kier molecular flexibility index (Phi) is 6.34. The van der Waals surface area contributed by atoms with Crippen LogP contribution in [0.25, 0.3) is 0 Å². The zero-order chi connectivity index (χ0) is 15.2. The minimum Gasteiger partial charge on any atom is -0.324 e. The summed E-state index contributed by atoms with van der Waals surface area (Å²) in [5.74, 6) is -0.0501. The average molecular weight is 329 g/mol. The molecule has 1 N–H and O–H groups in total. The van der Waals surface area contributed by atoms with E-state index in [2.05, 4.69) is 10.2 Å². The summed E-state index contributed by atoms with van der Waals surface area (Å²) in [6.07, 6.45) is 7.51. The molecular formula is C16H22Cl2N2O. The van der Waals surface area contributed by atoms with Gasteiger partial charge in [-0.1, -0.05) is 48.9 Å². The highest BCUT2D eigenvalue weighted by Crippen LogP contribution is 2.25. The summed E-state index contributed by atoms with van der Waals surface area (Å²) in [6, 6.07) is 5.58. The molecule has 0 radical (unpaired) electrons. The predicted molar refractivity (Wildman–Crippen MR) is 89.2 cm³/mol. The molecule has 1 aliphatic rings. The summed E-state index contributed by atoms with van der Waals surface area (Å²) in [6.45, 7) is 0.382. The minimum absolute atomic E-state index is 0.0501. The molecule has 0 aromatic heterocycles. The summed E-state index contributed by atoms with van der Waals surface area (Å²) >= 11 is 12.0. The topological polar surface area (TPSA) is 32.3 Å². The predicted octanol–water partition coefficient (Wildman–Crippen LogP) is 4.59. The summed E-state index contributed by atoms with van der Waals surface area (Å²) in [5.41, 5.74) is 0.573. The van der Waals surface area contributed by atoms with Gasteiger partial charge in [0.1, 0.15) is 0 Å². The SMILES string of the molecule is CN(CC(=O)Nc1cc(Cl)ccc1Cl)C1CCCCCC1. The number of rotatable bonds is 4. The Hall–Kier alpha value is -0.770. The van der Waals surface area contributed by atoms with Crippen LogP contribution in [0.5, 0.6) is 0 Å². The van der Waals surface area contributed by atoms with Gasteiger partial charge < -0.3 is 5.32 Å². The largest absolute Gasteiger partial charge is 0.324 e. The first-order valence-corrected chi connectivity index (χ1v) is 8.27. The van der Waals surface area contributed by atoms with Gasteiger partial charge in [0.25, 0.3) is 0 Å². The third-order valence-electron chi connectivity index (χ3n) is 4.04. The molecule has 5 heteroatoms. The van der Waals surface area contributed by atoms with Crippen molar-refractivity contribution in [3.8, 4) is 0 Å². The molecule has 1 saturated carbocycles. The second-order valence-electron chi connectivity index (χ2n) is 5.73. The van der Waals surface area contributed by atoms with E-state index in [9.17, 15) is 4.79 Å². The number of halogens is 2. The summed E-state index contributed by atoms with van der Waals surface area (Å²) in [7, 11) is 2.02. The maximum absolute atomic E-state index is 12.2. The lowest BCUT2D eigenvalue weighted by atomic mass is 10.1. The Labute approximate surface area is 136 Å². The van der Waals surface area contributed by atoms with Crippen LogP contribution >= 0.6 is 23.2 Å². The van der Waals surface area contributed by atoms with Crippen LogP contribution in [0.4, 0.5) is 5.69 Å². The molecule has 0 heterocycles. The number of carbonyl (C=O) groups is 1. The number of benzene rings is 1. The van der Waals surface area contributed by atoms with E-state index in [4.69, 9.17) is 23.2 Å². The molecule has 1 aromatic carbocycles. The van der Waals surface area contributed by atoms with Crippen molar-refractivity contribution < 1.29 is 4.79 Å². The molecule has 1 amide bonds. The van der Waals surface area contributed by atoms with Gasteiger partial charge in [-0.2, -0.15) is 0 Å². The van der Waals surface area contributed by atoms with Crippen molar-refractivity contribution in [3.05, 3.63) is 28.2 Å². The molecule has 0 aliphatic heterocycles. The van der Waals surface area contributed by atoms with Gasteiger partial charge in [-0.05, 0) is 38.1 Å². The highest BCUT2D eigenvalue weighted by molar-refractivity contribution is 6.35. The van der Waals surface area contributed by atoms with Gasteiger partial charge in [-0.25, -0.2) is 0 Å². The van der Waals surface area contributed by atoms with Crippen LogP contribution in [-0.2, 0) is 4.79 Å². The highest BCUT2D eigenvalue weighted by atomic mass is 35.5. The highest BCUT2D eigenvalue weighted by Gasteiger charge is 2.19. The van der Waals surface area contributed by atoms with Gasteiger partial charge in [0.05, 0.1) is 17.3 Å². The number of hydrogen-bond donors (Lipinski definition) is 1. The number of anilines is 1. The Morgan fingerprint density at radius 3 is 2.57 bits per heavy atom. The van der Waals surface area contributed by atoms with Crippen LogP contribution in [0.3, 0.4) is 0 Å². The standard InChI is InChI=1S/C16H22Cl2N2O/c1-20(13-6-4-2-3-5-7-13)11-16(21)19-15-10-12(17)8-9-14(15)18/h8-10,13H,2-7,11H2,1H3,(H,19,21). The lowest BCUT2D eigenvalue weighted by Gasteiger charge is -2.26. The van der Waals surface area contributed by atoms with Gasteiger partial charge >= 0.3 is 0 Å². The lowest BCUT2D eigenvalue weighted by molar-refractivity contribution is -0.117. The maximum atomic E-state index is 12.2. The zero-order valence-corrected chi connectivity index (χ0v) is 13.9. The lowest BCUT2D eigenvalue weighted by Crippen LogP contribution is -2.37. The van der Waals surface area contributed by atoms with Crippen molar-refractivity contribution in [3.63, 3.8) is 0 Å². The first kappa shape index (κ1) is 16.6. The molecule has 0 unspecified atom stereocenters. The van der Waals surface area contributed by atoms with Gasteiger partial charge in [-0.3, -0.25) is 9.69 Å². The van der Waals surface area contributed by atoms with E-state index in [1.54, 1.807) is 18.2 Å². The normalized spacial score (nSPS) is 16.8. The van der Waals surface area contributed by atoms with Crippen LogP contribution in [0.15, 0.2) is 18.2 Å². The van der Waals surface area contributed by atoms with E-state index in [0.717, 1.165) is 0 Å². The van der Waals surface area contributed by atoms with Crippen LogP contribution in [0.1, 0.15) is 38.5 Å². The molecule has 0 atom stereocenters. The van der Waals surface area contributed by atoms with Crippen LogP contribution in [0.2, 0.25) is 10.0 Å². The van der Waals surface area contributed by atoms with Gasteiger partial charge in [0.2, 0.25) is 5.91 Å². The monoisotopic (exact) mass is 328 g/mol. The molecular weight excluding hydrogens is 307 g/mol. The van der Waals surface area contributed by atoms with E-state index >= 15 is 0 Å². The van der Waals surface area contributed by atoms with E-state index in [1.165, 1.54) is 38.5 Å². The van der Waals surface area contributed by atoms with E-state index < -0.39 is 0 Å². The number of likely N-dealkylation sites (N-methyl/N-ethyl adjacent to an activating group) is 1. The van der Waals surface area contributed by atoms with Gasteiger partial charge in [-0.15, -0.1) is 0 Å². The number of nitrogens with zero attached hydrogens (tertiary/aromatic N) is 1. The molecule has 1 aromatic rings. The van der Waals surface area contributed by atoms with Crippen LogP contribution < -0.4 is 5.32 Å². The van der Waals surface area contributed by atoms with Crippen molar-refractivity contribution >= 4 is 34.8 Å². The Morgan fingerprint density at radius 1 is 1.24 bits per heavy atom. The number of hydrogen-bond acceptors (Lipinski definition) is 2. The van der Waals surface area contributed by atoms with Crippen LogP contribution in [-0.4, -0.2) is 30.4 Å². The van der Waals surface area contributed by atoms with Crippen molar-refractivity contribution in [1.82, 2.24) is 4.90 Å². The molecule has 2 rings (SSSR count). The molecule has 1 fully saturated rings. The number of nitrogens with one attached hydrogen (secondary N) is 1. The molecule has 0 spiro atoms. The fraction of sp³-hybridized carbons (Fsp3) is 0.562. The van der Waals surface area contributed by atoms with Crippen molar-refractivity contribution in [2.45, 2.75) is 44.6 Å². The van der Waals surface area contributed by atoms with Crippen molar-refractivity contribution in [2.75, 3.05) is 18.9 Å². The summed E-state index contributed by atoms with van der Waals surface area (Å²) in [5, 5.41) is 3.91. The Balaban J connectivity index is 1.89. The van der Waals surface area contributed by atoms with Gasteiger partial charge in [0, 0.05) is 11.1 Å². The maximum Gasteiger partial charge on any atom is 0.238 e. The first-order valence-electron chi connectivity index (χ1n) is 7.51. The Morgan fingerprint density at radius 2 is 1.90 bits per heavy atom. The smallest absolute Gasteiger partial charge is 0.238 e.